The van der Waals surface area contributed by atoms with Gasteiger partial charge in [0.1, 0.15) is 5.75 Å². The minimum atomic E-state index is -0.795. The van der Waals surface area contributed by atoms with Crippen molar-refractivity contribution < 1.29 is 9.53 Å². The summed E-state index contributed by atoms with van der Waals surface area (Å²) in [4.78, 5) is 14.6. The Kier molecular flexibility index (Phi) is 3.75. The van der Waals surface area contributed by atoms with Gasteiger partial charge in [0.15, 0.2) is 5.60 Å². The van der Waals surface area contributed by atoms with Gasteiger partial charge in [-0.2, -0.15) is 0 Å². The van der Waals surface area contributed by atoms with Gasteiger partial charge in [-0.25, -0.2) is 0 Å². The SMILES string of the molecule is C=C(C)CN1C(=O)C(CC)(CC)Oc2cc(N)ccc21. The number of hydrogen-bond donors (Lipinski definition) is 1. The van der Waals surface area contributed by atoms with Gasteiger partial charge in [-0.1, -0.05) is 26.0 Å². The van der Waals surface area contributed by atoms with Gasteiger partial charge in [-0.3, -0.25) is 4.79 Å². The lowest BCUT2D eigenvalue weighted by molar-refractivity contribution is -0.136. The summed E-state index contributed by atoms with van der Waals surface area (Å²) < 4.78 is 6.02. The molecule has 4 heteroatoms. The third kappa shape index (κ3) is 2.26. The van der Waals surface area contributed by atoms with E-state index in [0.717, 1.165) is 11.3 Å². The van der Waals surface area contributed by atoms with Crippen LogP contribution in [-0.2, 0) is 4.79 Å². The van der Waals surface area contributed by atoms with Crippen LogP contribution in [0.25, 0.3) is 0 Å². The molecule has 0 fully saturated rings. The van der Waals surface area contributed by atoms with Gasteiger partial charge in [-0.15, -0.1) is 0 Å². The smallest absolute Gasteiger partial charge is 0.271 e. The third-order valence-electron chi connectivity index (χ3n) is 3.79. The molecule has 0 radical (unpaired) electrons. The summed E-state index contributed by atoms with van der Waals surface area (Å²) in [6, 6.07) is 5.40. The van der Waals surface area contributed by atoms with Crippen LogP contribution >= 0.6 is 0 Å². The Bertz CT molecular complexity index is 547. The summed E-state index contributed by atoms with van der Waals surface area (Å²) in [6.45, 7) is 10.3. The summed E-state index contributed by atoms with van der Waals surface area (Å²) in [5, 5.41) is 0. The van der Waals surface area contributed by atoms with Gasteiger partial charge in [0.25, 0.3) is 5.91 Å². The zero-order valence-electron chi connectivity index (χ0n) is 12.4. The van der Waals surface area contributed by atoms with Crippen LogP contribution in [0, 0.1) is 0 Å². The lowest BCUT2D eigenvalue weighted by Crippen LogP contribution is -2.55. The average Bonchev–Trinajstić information content (AvgIpc) is 2.41. The first kappa shape index (κ1) is 14.4. The minimum Gasteiger partial charge on any atom is -0.475 e. The molecule has 2 rings (SSSR count). The summed E-state index contributed by atoms with van der Waals surface area (Å²) in [6.07, 6.45) is 1.26. The van der Waals surface area contributed by atoms with Gasteiger partial charge >= 0.3 is 0 Å². The van der Waals surface area contributed by atoms with E-state index in [1.54, 1.807) is 17.0 Å². The molecule has 0 saturated carbocycles. The highest BCUT2D eigenvalue weighted by atomic mass is 16.5. The Morgan fingerprint density at radius 1 is 1.40 bits per heavy atom. The lowest BCUT2D eigenvalue weighted by Gasteiger charge is -2.42. The molecule has 20 heavy (non-hydrogen) atoms. The van der Waals surface area contributed by atoms with Crippen LogP contribution in [0.4, 0.5) is 11.4 Å². The fraction of sp³-hybridized carbons (Fsp3) is 0.438. The predicted octanol–water partition coefficient (Wildman–Crippen LogP) is 3.13. The summed E-state index contributed by atoms with van der Waals surface area (Å²) in [5.74, 6) is 0.678. The van der Waals surface area contributed by atoms with E-state index in [1.807, 2.05) is 26.8 Å². The van der Waals surface area contributed by atoms with Crippen molar-refractivity contribution in [3.63, 3.8) is 0 Å². The summed E-state index contributed by atoms with van der Waals surface area (Å²) >= 11 is 0. The first-order chi connectivity index (χ1) is 9.43. The molecule has 1 amide bonds. The largest absolute Gasteiger partial charge is 0.475 e. The van der Waals surface area contributed by atoms with Crippen LogP contribution in [0.15, 0.2) is 30.4 Å². The molecule has 1 aromatic carbocycles. The molecule has 0 aromatic heterocycles. The van der Waals surface area contributed by atoms with Gasteiger partial charge < -0.3 is 15.4 Å². The minimum absolute atomic E-state index is 0.00257. The van der Waals surface area contributed by atoms with E-state index >= 15 is 0 Å². The second kappa shape index (κ2) is 5.19. The van der Waals surface area contributed by atoms with E-state index in [4.69, 9.17) is 10.5 Å². The Labute approximate surface area is 120 Å². The molecule has 108 valence electrons. The third-order valence-corrected chi connectivity index (χ3v) is 3.79. The van der Waals surface area contributed by atoms with Crippen LogP contribution in [0.1, 0.15) is 33.6 Å². The van der Waals surface area contributed by atoms with Crippen LogP contribution in [-0.4, -0.2) is 18.1 Å². The number of rotatable bonds is 4. The monoisotopic (exact) mass is 274 g/mol. The van der Waals surface area contributed by atoms with E-state index in [1.165, 1.54) is 0 Å². The fourth-order valence-electron chi connectivity index (χ4n) is 2.57. The zero-order chi connectivity index (χ0) is 14.9. The predicted molar refractivity (Wildman–Crippen MR) is 82.0 cm³/mol. The molecule has 4 nitrogen and oxygen atoms in total. The Balaban J connectivity index is 2.55. The van der Waals surface area contributed by atoms with Gasteiger partial charge in [0, 0.05) is 18.3 Å². The normalized spacial score (nSPS) is 16.6. The van der Waals surface area contributed by atoms with Crippen LogP contribution < -0.4 is 15.4 Å². The van der Waals surface area contributed by atoms with E-state index < -0.39 is 5.60 Å². The van der Waals surface area contributed by atoms with Crippen molar-refractivity contribution in [1.82, 2.24) is 0 Å². The molecule has 0 saturated heterocycles. The maximum Gasteiger partial charge on any atom is 0.271 e. The van der Waals surface area contributed by atoms with Crippen LogP contribution in [0.3, 0.4) is 0 Å². The number of nitrogens with zero attached hydrogens (tertiary/aromatic N) is 1. The first-order valence-corrected chi connectivity index (χ1v) is 6.98. The van der Waals surface area contributed by atoms with E-state index in [2.05, 4.69) is 6.58 Å². The molecule has 1 aliphatic heterocycles. The van der Waals surface area contributed by atoms with Crippen molar-refractivity contribution in [1.29, 1.82) is 0 Å². The summed E-state index contributed by atoms with van der Waals surface area (Å²) in [5.41, 5.74) is 7.37. The number of amides is 1. The van der Waals surface area contributed by atoms with Crippen molar-refractivity contribution >= 4 is 17.3 Å². The lowest BCUT2D eigenvalue weighted by atomic mass is 9.92. The first-order valence-electron chi connectivity index (χ1n) is 6.98. The second-order valence-electron chi connectivity index (χ2n) is 5.38. The fourth-order valence-corrected chi connectivity index (χ4v) is 2.57. The van der Waals surface area contributed by atoms with Crippen molar-refractivity contribution in [3.05, 3.63) is 30.4 Å². The van der Waals surface area contributed by atoms with Crippen molar-refractivity contribution in [2.75, 3.05) is 17.2 Å². The summed E-state index contributed by atoms with van der Waals surface area (Å²) in [7, 11) is 0. The number of benzene rings is 1. The average molecular weight is 274 g/mol. The second-order valence-corrected chi connectivity index (χ2v) is 5.38. The van der Waals surface area contributed by atoms with Gasteiger partial charge in [0.05, 0.1) is 5.69 Å². The zero-order valence-corrected chi connectivity index (χ0v) is 12.4. The standard InChI is InChI=1S/C16H22N2O2/c1-5-16(6-2)15(19)18(10-11(3)4)13-8-7-12(17)9-14(13)20-16/h7-9H,3,5-6,10,17H2,1-2,4H3. The molecule has 1 aromatic rings. The van der Waals surface area contributed by atoms with Crippen LogP contribution in [0.5, 0.6) is 5.75 Å². The van der Waals surface area contributed by atoms with E-state index in [9.17, 15) is 4.79 Å². The molecular weight excluding hydrogens is 252 g/mol. The number of anilines is 2. The topological polar surface area (TPSA) is 55.6 Å². The molecule has 0 bridgehead atoms. The van der Waals surface area contributed by atoms with Crippen molar-refractivity contribution in [2.24, 2.45) is 0 Å². The number of ether oxygens (including phenoxy) is 1. The number of fused-ring (bicyclic) bond motifs is 1. The molecule has 0 spiro atoms. The Morgan fingerprint density at radius 2 is 2.05 bits per heavy atom. The molecule has 2 N–H and O–H groups in total. The molecule has 1 aliphatic rings. The number of carbonyl (C=O) groups is 1. The van der Waals surface area contributed by atoms with E-state index in [-0.39, 0.29) is 5.91 Å². The number of nitrogens with two attached hydrogens (primary N) is 1. The number of hydrogen-bond acceptors (Lipinski definition) is 3. The molecule has 1 heterocycles. The molecule has 0 aliphatic carbocycles. The van der Waals surface area contributed by atoms with E-state index in [0.29, 0.717) is 30.8 Å². The highest BCUT2D eigenvalue weighted by Gasteiger charge is 2.45. The van der Waals surface area contributed by atoms with Crippen molar-refractivity contribution in [3.8, 4) is 5.75 Å². The highest BCUT2D eigenvalue weighted by molar-refractivity contribution is 6.03. The highest BCUT2D eigenvalue weighted by Crippen LogP contribution is 2.41. The van der Waals surface area contributed by atoms with Crippen LogP contribution in [0.2, 0.25) is 0 Å². The molecular formula is C16H22N2O2. The Hall–Kier alpha value is -1.97. The quantitative estimate of drug-likeness (QED) is 0.678. The Morgan fingerprint density at radius 3 is 2.60 bits per heavy atom. The molecule has 0 atom stereocenters. The van der Waals surface area contributed by atoms with Gasteiger partial charge in [-0.05, 0) is 31.9 Å². The number of carbonyl (C=O) groups excluding carboxylic acids is 1. The van der Waals surface area contributed by atoms with Gasteiger partial charge in [0.2, 0.25) is 0 Å². The van der Waals surface area contributed by atoms with Crippen molar-refractivity contribution in [2.45, 2.75) is 39.2 Å². The number of nitrogen functional groups attached to an aromatic ring is 1. The maximum atomic E-state index is 12.8. The molecule has 0 unspecified atom stereocenters. The maximum absolute atomic E-state index is 12.8.